The summed E-state index contributed by atoms with van der Waals surface area (Å²) in [5, 5.41) is 7.00. The summed E-state index contributed by atoms with van der Waals surface area (Å²) in [6.45, 7) is 1.27. The third-order valence-corrected chi connectivity index (χ3v) is 2.02. The lowest BCUT2D eigenvalue weighted by atomic mass is 10.1. The molecular weight excluding hydrogens is 190 g/mol. The van der Waals surface area contributed by atoms with Crippen molar-refractivity contribution in [1.82, 2.24) is 4.98 Å². The Hall–Kier alpha value is -1.42. The SMILES string of the molecule is N=C(N)CCOCCCc1ccncc1. The zero-order valence-electron chi connectivity index (χ0n) is 8.78. The number of hydrogen-bond donors (Lipinski definition) is 2. The summed E-state index contributed by atoms with van der Waals surface area (Å²) in [7, 11) is 0. The smallest absolute Gasteiger partial charge is 0.0928 e. The average molecular weight is 207 g/mol. The Bertz CT molecular complexity index is 287. The Morgan fingerprint density at radius 2 is 2.07 bits per heavy atom. The van der Waals surface area contributed by atoms with Crippen molar-refractivity contribution in [3.63, 3.8) is 0 Å². The van der Waals surface area contributed by atoms with Crippen LogP contribution in [0, 0.1) is 5.41 Å². The summed E-state index contributed by atoms with van der Waals surface area (Å²) < 4.78 is 5.33. The summed E-state index contributed by atoms with van der Waals surface area (Å²) in [4.78, 5) is 3.95. The molecule has 0 aliphatic rings. The van der Waals surface area contributed by atoms with E-state index in [0.717, 1.165) is 19.4 Å². The highest BCUT2D eigenvalue weighted by atomic mass is 16.5. The van der Waals surface area contributed by atoms with Crippen LogP contribution in [0.1, 0.15) is 18.4 Å². The minimum atomic E-state index is 0.184. The fourth-order valence-corrected chi connectivity index (χ4v) is 1.21. The molecule has 1 rings (SSSR count). The van der Waals surface area contributed by atoms with Gasteiger partial charge in [0.15, 0.2) is 0 Å². The molecule has 0 fully saturated rings. The van der Waals surface area contributed by atoms with Gasteiger partial charge in [0.2, 0.25) is 0 Å². The number of ether oxygens (including phenoxy) is 1. The average Bonchev–Trinajstić information content (AvgIpc) is 2.24. The van der Waals surface area contributed by atoms with Gasteiger partial charge in [0.05, 0.1) is 12.4 Å². The van der Waals surface area contributed by atoms with Gasteiger partial charge in [-0.15, -0.1) is 0 Å². The third kappa shape index (κ3) is 5.80. The van der Waals surface area contributed by atoms with Gasteiger partial charge in [-0.2, -0.15) is 0 Å². The van der Waals surface area contributed by atoms with E-state index >= 15 is 0 Å². The number of nitrogens with zero attached hydrogens (tertiary/aromatic N) is 1. The fraction of sp³-hybridized carbons (Fsp3) is 0.455. The molecule has 1 aromatic heterocycles. The van der Waals surface area contributed by atoms with Crippen LogP contribution >= 0.6 is 0 Å². The number of nitrogens with one attached hydrogen (secondary N) is 1. The van der Waals surface area contributed by atoms with Gasteiger partial charge in [0, 0.05) is 25.4 Å². The molecule has 0 saturated carbocycles. The summed E-state index contributed by atoms with van der Waals surface area (Å²) in [5.74, 6) is 0.184. The van der Waals surface area contributed by atoms with Crippen molar-refractivity contribution < 1.29 is 4.74 Å². The highest BCUT2D eigenvalue weighted by Crippen LogP contribution is 2.00. The first-order chi connectivity index (χ1) is 7.29. The predicted octanol–water partition coefficient (Wildman–Crippen LogP) is 1.36. The van der Waals surface area contributed by atoms with Crippen LogP contribution in [0.5, 0.6) is 0 Å². The maximum atomic E-state index is 7.00. The van der Waals surface area contributed by atoms with Gasteiger partial charge in [0.25, 0.3) is 0 Å². The van der Waals surface area contributed by atoms with Crippen LogP contribution < -0.4 is 5.73 Å². The number of pyridine rings is 1. The van der Waals surface area contributed by atoms with Crippen molar-refractivity contribution >= 4 is 5.84 Å². The van der Waals surface area contributed by atoms with Crippen molar-refractivity contribution in [3.05, 3.63) is 30.1 Å². The fourth-order valence-electron chi connectivity index (χ4n) is 1.21. The molecule has 0 atom stereocenters. The number of aryl methyl sites for hydroxylation is 1. The Kier molecular flexibility index (Phi) is 5.40. The Morgan fingerprint density at radius 1 is 1.33 bits per heavy atom. The second-order valence-corrected chi connectivity index (χ2v) is 3.35. The largest absolute Gasteiger partial charge is 0.388 e. The number of amidine groups is 1. The molecule has 0 radical (unpaired) electrons. The van der Waals surface area contributed by atoms with Crippen molar-refractivity contribution in [3.8, 4) is 0 Å². The van der Waals surface area contributed by atoms with Gasteiger partial charge in [-0.1, -0.05) is 0 Å². The van der Waals surface area contributed by atoms with Crippen molar-refractivity contribution in [2.75, 3.05) is 13.2 Å². The Balaban J connectivity index is 2.00. The van der Waals surface area contributed by atoms with Gasteiger partial charge < -0.3 is 10.5 Å². The van der Waals surface area contributed by atoms with Gasteiger partial charge in [-0.25, -0.2) is 0 Å². The van der Waals surface area contributed by atoms with Crippen LogP contribution in [0.2, 0.25) is 0 Å². The van der Waals surface area contributed by atoms with Crippen LogP contribution in [0.15, 0.2) is 24.5 Å². The molecule has 4 heteroatoms. The summed E-state index contributed by atoms with van der Waals surface area (Å²) >= 11 is 0. The van der Waals surface area contributed by atoms with Crippen molar-refractivity contribution in [1.29, 1.82) is 5.41 Å². The predicted molar refractivity (Wildman–Crippen MR) is 59.9 cm³/mol. The van der Waals surface area contributed by atoms with Crippen LogP contribution in [0.3, 0.4) is 0 Å². The van der Waals surface area contributed by atoms with Crippen LogP contribution in [-0.2, 0) is 11.2 Å². The lowest BCUT2D eigenvalue weighted by molar-refractivity contribution is 0.138. The first-order valence-corrected chi connectivity index (χ1v) is 5.08. The second kappa shape index (κ2) is 6.95. The Labute approximate surface area is 90.0 Å². The first kappa shape index (κ1) is 11.7. The van der Waals surface area contributed by atoms with Gasteiger partial charge in [-0.05, 0) is 30.5 Å². The molecule has 0 amide bonds. The molecule has 82 valence electrons. The molecule has 1 aromatic rings. The zero-order valence-corrected chi connectivity index (χ0v) is 8.78. The molecule has 0 unspecified atom stereocenters. The maximum Gasteiger partial charge on any atom is 0.0928 e. The van der Waals surface area contributed by atoms with E-state index in [9.17, 15) is 0 Å². The standard InChI is InChI=1S/C11H17N3O/c12-11(13)5-9-15-8-1-2-10-3-6-14-7-4-10/h3-4,6-7H,1-2,5,8-9H2,(H3,12,13). The molecule has 4 nitrogen and oxygen atoms in total. The monoisotopic (exact) mass is 207 g/mol. The minimum absolute atomic E-state index is 0.184. The lowest BCUT2D eigenvalue weighted by Crippen LogP contribution is -2.12. The molecule has 0 bridgehead atoms. The summed E-state index contributed by atoms with van der Waals surface area (Å²) in [5.41, 5.74) is 6.47. The summed E-state index contributed by atoms with van der Waals surface area (Å²) in [6.07, 6.45) is 6.11. The first-order valence-electron chi connectivity index (χ1n) is 5.08. The van der Waals surface area contributed by atoms with E-state index in [4.69, 9.17) is 15.9 Å². The lowest BCUT2D eigenvalue weighted by Gasteiger charge is -2.03. The topological polar surface area (TPSA) is 72.0 Å². The maximum absolute atomic E-state index is 7.00. The van der Waals surface area contributed by atoms with E-state index in [1.165, 1.54) is 5.56 Å². The Morgan fingerprint density at radius 3 is 2.73 bits per heavy atom. The van der Waals surface area contributed by atoms with Crippen LogP contribution in [0.4, 0.5) is 0 Å². The van der Waals surface area contributed by atoms with E-state index in [1.807, 2.05) is 12.1 Å². The van der Waals surface area contributed by atoms with E-state index in [0.29, 0.717) is 13.0 Å². The van der Waals surface area contributed by atoms with E-state index in [-0.39, 0.29) is 5.84 Å². The van der Waals surface area contributed by atoms with Crippen LogP contribution in [0.25, 0.3) is 0 Å². The molecule has 0 aromatic carbocycles. The zero-order chi connectivity index (χ0) is 10.9. The minimum Gasteiger partial charge on any atom is -0.388 e. The van der Waals surface area contributed by atoms with E-state index in [2.05, 4.69) is 4.98 Å². The van der Waals surface area contributed by atoms with E-state index in [1.54, 1.807) is 12.4 Å². The number of aromatic nitrogens is 1. The summed E-state index contributed by atoms with van der Waals surface area (Å²) in [6, 6.07) is 4.02. The second-order valence-electron chi connectivity index (χ2n) is 3.35. The molecule has 0 aliphatic carbocycles. The molecule has 15 heavy (non-hydrogen) atoms. The third-order valence-electron chi connectivity index (χ3n) is 2.02. The quantitative estimate of drug-likeness (QED) is 0.403. The number of nitrogens with two attached hydrogens (primary N) is 1. The molecule has 0 aliphatic heterocycles. The number of rotatable bonds is 7. The molecule has 3 N–H and O–H groups in total. The van der Waals surface area contributed by atoms with Crippen molar-refractivity contribution in [2.24, 2.45) is 5.73 Å². The number of hydrogen-bond acceptors (Lipinski definition) is 3. The van der Waals surface area contributed by atoms with Crippen molar-refractivity contribution in [2.45, 2.75) is 19.3 Å². The molecular formula is C11H17N3O. The molecule has 0 saturated heterocycles. The van der Waals surface area contributed by atoms with E-state index < -0.39 is 0 Å². The van der Waals surface area contributed by atoms with Crippen LogP contribution in [-0.4, -0.2) is 24.0 Å². The molecule has 0 spiro atoms. The molecule has 1 heterocycles. The highest BCUT2D eigenvalue weighted by Gasteiger charge is 1.93. The van der Waals surface area contributed by atoms with Gasteiger partial charge in [0.1, 0.15) is 0 Å². The normalized spacial score (nSPS) is 10.1. The van der Waals surface area contributed by atoms with Gasteiger partial charge in [-0.3, -0.25) is 10.4 Å². The van der Waals surface area contributed by atoms with Gasteiger partial charge >= 0.3 is 0 Å². The highest BCUT2D eigenvalue weighted by molar-refractivity contribution is 5.76.